The maximum atomic E-state index is 15.0. The molecule has 0 aliphatic carbocycles. The first-order valence-corrected chi connectivity index (χ1v) is 9.51. The van der Waals surface area contributed by atoms with Crippen LogP contribution in [0.15, 0.2) is 30.3 Å². The highest BCUT2D eigenvalue weighted by Gasteiger charge is 2.25. The highest BCUT2D eigenvalue weighted by molar-refractivity contribution is 6.04. The van der Waals surface area contributed by atoms with Gasteiger partial charge in [0.1, 0.15) is 23.0 Å². The van der Waals surface area contributed by atoms with Gasteiger partial charge in [-0.3, -0.25) is 9.69 Å². The van der Waals surface area contributed by atoms with E-state index in [1.165, 1.54) is 12.1 Å². The molecule has 0 saturated carbocycles. The lowest BCUT2D eigenvalue weighted by Crippen LogP contribution is -2.33. The van der Waals surface area contributed by atoms with Gasteiger partial charge in [-0.15, -0.1) is 0 Å². The van der Waals surface area contributed by atoms with Crippen LogP contribution >= 0.6 is 0 Å². The van der Waals surface area contributed by atoms with E-state index in [0.717, 1.165) is 38.4 Å². The molecule has 0 radical (unpaired) electrons. The number of aromatic nitrogens is 2. The summed E-state index contributed by atoms with van der Waals surface area (Å²) in [5.74, 6) is -1.27. The molecule has 3 N–H and O–H groups in total. The summed E-state index contributed by atoms with van der Waals surface area (Å²) in [5, 5.41) is 0. The van der Waals surface area contributed by atoms with Gasteiger partial charge in [-0.05, 0) is 44.1 Å². The lowest BCUT2D eigenvalue weighted by atomic mass is 9.94. The third-order valence-corrected chi connectivity index (χ3v) is 5.47. The quantitative estimate of drug-likeness (QED) is 0.709. The fourth-order valence-corrected chi connectivity index (χ4v) is 4.07. The summed E-state index contributed by atoms with van der Waals surface area (Å²) in [6.45, 7) is 3.96. The van der Waals surface area contributed by atoms with E-state index >= 15 is 0 Å². The maximum Gasteiger partial charge on any atom is 0.251 e. The van der Waals surface area contributed by atoms with E-state index in [0.29, 0.717) is 22.5 Å². The molecule has 4 rings (SSSR count). The van der Waals surface area contributed by atoms with Gasteiger partial charge in [0, 0.05) is 17.2 Å². The van der Waals surface area contributed by atoms with Crippen LogP contribution < -0.4 is 5.73 Å². The molecule has 5 nitrogen and oxygen atoms in total. The Balaban J connectivity index is 1.73. The molecular formula is C21H22F2N4O. The molecule has 3 aromatic rings. The third kappa shape index (κ3) is 3.26. The Kier molecular flexibility index (Phi) is 4.85. The molecule has 1 aliphatic heterocycles. The number of H-pyrrole nitrogens is 1. The monoisotopic (exact) mass is 384 g/mol. The van der Waals surface area contributed by atoms with Gasteiger partial charge in [-0.1, -0.05) is 25.5 Å². The number of nitrogens with two attached hydrogens (primary N) is 1. The molecule has 1 aromatic heterocycles. The topological polar surface area (TPSA) is 75.0 Å². The van der Waals surface area contributed by atoms with Gasteiger partial charge in [0.15, 0.2) is 0 Å². The first-order valence-electron chi connectivity index (χ1n) is 9.51. The summed E-state index contributed by atoms with van der Waals surface area (Å²) in [6.07, 6.45) is 3.17. The predicted molar refractivity (Wildman–Crippen MR) is 104 cm³/mol. The number of fused-ring (bicyclic) bond motifs is 1. The van der Waals surface area contributed by atoms with Crippen molar-refractivity contribution in [2.45, 2.75) is 32.2 Å². The number of aromatic amines is 1. The van der Waals surface area contributed by atoms with E-state index in [1.54, 1.807) is 12.1 Å². The number of rotatable bonds is 4. The normalized spacial score (nSPS) is 17.9. The maximum absolute atomic E-state index is 15.0. The van der Waals surface area contributed by atoms with Gasteiger partial charge < -0.3 is 10.7 Å². The predicted octanol–water partition coefficient (Wildman–Crippen LogP) is 4.15. The molecule has 0 bridgehead atoms. The Labute approximate surface area is 161 Å². The number of nitrogens with one attached hydrogen (secondary N) is 1. The number of imidazole rings is 1. The van der Waals surface area contributed by atoms with Gasteiger partial charge >= 0.3 is 0 Å². The Morgan fingerprint density at radius 1 is 1.29 bits per heavy atom. The number of piperidine rings is 1. The first kappa shape index (κ1) is 18.6. The van der Waals surface area contributed by atoms with Crippen molar-refractivity contribution in [2.75, 3.05) is 13.1 Å². The Morgan fingerprint density at radius 3 is 2.82 bits per heavy atom. The zero-order chi connectivity index (χ0) is 19.8. The number of hydrogen-bond donors (Lipinski definition) is 2. The molecule has 1 amide bonds. The van der Waals surface area contributed by atoms with Gasteiger partial charge in [0.05, 0.1) is 11.1 Å². The van der Waals surface area contributed by atoms with Crippen LogP contribution in [0.3, 0.4) is 0 Å². The minimum absolute atomic E-state index is 0.00427. The van der Waals surface area contributed by atoms with Crippen LogP contribution in [0.25, 0.3) is 22.4 Å². The zero-order valence-electron chi connectivity index (χ0n) is 15.6. The van der Waals surface area contributed by atoms with Crippen LogP contribution in [0, 0.1) is 11.6 Å². The summed E-state index contributed by atoms with van der Waals surface area (Å²) in [5.41, 5.74) is 7.16. The Bertz CT molecular complexity index is 1050. The lowest BCUT2D eigenvalue weighted by molar-refractivity contribution is 0.100. The fraction of sp³-hybridized carbons (Fsp3) is 0.333. The van der Waals surface area contributed by atoms with E-state index in [4.69, 9.17) is 5.73 Å². The van der Waals surface area contributed by atoms with Crippen LogP contribution in [0.5, 0.6) is 0 Å². The standard InChI is InChI=1S/C21H22F2N4O/c1-2-27-8-4-3-5-18(27)14-7-6-12(9-16(14)23)21-25-17-11-13(22)10-15(20(24)28)19(17)26-21/h6-7,9-11,18H,2-5,8H2,1H3,(H2,24,28)(H,25,26). The summed E-state index contributed by atoms with van der Waals surface area (Å²) >= 11 is 0. The Hall–Kier alpha value is -2.80. The van der Waals surface area contributed by atoms with Crippen LogP contribution in [-0.4, -0.2) is 33.9 Å². The fourth-order valence-electron chi connectivity index (χ4n) is 4.07. The van der Waals surface area contributed by atoms with Crippen molar-refractivity contribution in [2.24, 2.45) is 5.73 Å². The molecule has 7 heteroatoms. The highest BCUT2D eigenvalue weighted by atomic mass is 19.1. The summed E-state index contributed by atoms with van der Waals surface area (Å²) in [7, 11) is 0. The van der Waals surface area contributed by atoms with E-state index in [-0.39, 0.29) is 22.9 Å². The number of carbonyl (C=O) groups is 1. The van der Waals surface area contributed by atoms with E-state index in [2.05, 4.69) is 21.8 Å². The van der Waals surface area contributed by atoms with Crippen molar-refractivity contribution < 1.29 is 13.6 Å². The van der Waals surface area contributed by atoms with Crippen molar-refractivity contribution in [3.05, 3.63) is 53.1 Å². The largest absolute Gasteiger partial charge is 0.366 e. The van der Waals surface area contributed by atoms with Crippen LogP contribution in [0.2, 0.25) is 0 Å². The molecule has 1 fully saturated rings. The molecule has 2 heterocycles. The summed E-state index contributed by atoms with van der Waals surface area (Å²) in [6, 6.07) is 7.42. The van der Waals surface area contributed by atoms with Crippen LogP contribution in [0.4, 0.5) is 8.78 Å². The van der Waals surface area contributed by atoms with Crippen molar-refractivity contribution in [3.8, 4) is 11.4 Å². The van der Waals surface area contributed by atoms with Crippen LogP contribution in [0.1, 0.15) is 48.1 Å². The molecular weight excluding hydrogens is 362 g/mol. The number of benzene rings is 2. The highest BCUT2D eigenvalue weighted by Crippen LogP contribution is 2.34. The minimum atomic E-state index is -0.763. The van der Waals surface area contributed by atoms with Gasteiger partial charge in [0.25, 0.3) is 5.91 Å². The molecule has 28 heavy (non-hydrogen) atoms. The van der Waals surface area contributed by atoms with Crippen LogP contribution in [-0.2, 0) is 0 Å². The second kappa shape index (κ2) is 7.31. The van der Waals surface area contributed by atoms with E-state index in [9.17, 15) is 13.6 Å². The van der Waals surface area contributed by atoms with Gasteiger partial charge in [0.2, 0.25) is 0 Å². The average Bonchev–Trinajstić information content (AvgIpc) is 3.11. The van der Waals surface area contributed by atoms with E-state index < -0.39 is 11.7 Å². The van der Waals surface area contributed by atoms with E-state index in [1.807, 2.05) is 0 Å². The SMILES string of the molecule is CCN1CCCCC1c1ccc(-c2nc3c(C(N)=O)cc(F)cc3[nH]2)cc1F. The summed E-state index contributed by atoms with van der Waals surface area (Å²) < 4.78 is 28.7. The Morgan fingerprint density at radius 2 is 2.11 bits per heavy atom. The van der Waals surface area contributed by atoms with Gasteiger partial charge in [-0.2, -0.15) is 0 Å². The first-order chi connectivity index (χ1) is 13.5. The zero-order valence-corrected chi connectivity index (χ0v) is 15.6. The minimum Gasteiger partial charge on any atom is -0.366 e. The number of hydrogen-bond acceptors (Lipinski definition) is 3. The van der Waals surface area contributed by atoms with Crippen molar-refractivity contribution in [1.82, 2.24) is 14.9 Å². The van der Waals surface area contributed by atoms with Crippen molar-refractivity contribution in [1.29, 1.82) is 0 Å². The third-order valence-electron chi connectivity index (χ3n) is 5.47. The molecule has 1 aliphatic rings. The second-order valence-corrected chi connectivity index (χ2v) is 7.18. The number of carbonyl (C=O) groups excluding carboxylic acids is 1. The number of amides is 1. The average molecular weight is 384 g/mol. The molecule has 1 unspecified atom stereocenters. The molecule has 1 atom stereocenters. The van der Waals surface area contributed by atoms with Crippen molar-refractivity contribution >= 4 is 16.9 Å². The smallest absolute Gasteiger partial charge is 0.251 e. The second-order valence-electron chi connectivity index (χ2n) is 7.18. The number of likely N-dealkylation sites (tertiary alicyclic amines) is 1. The van der Waals surface area contributed by atoms with Gasteiger partial charge in [-0.25, -0.2) is 13.8 Å². The molecule has 1 saturated heterocycles. The number of nitrogens with zero attached hydrogens (tertiary/aromatic N) is 2. The number of halogens is 2. The molecule has 0 spiro atoms. The number of primary amides is 1. The molecule has 146 valence electrons. The lowest BCUT2D eigenvalue weighted by Gasteiger charge is -2.35. The van der Waals surface area contributed by atoms with Crippen molar-refractivity contribution in [3.63, 3.8) is 0 Å². The summed E-state index contributed by atoms with van der Waals surface area (Å²) in [4.78, 5) is 21.2. The molecule has 2 aromatic carbocycles.